The largest absolute Gasteiger partial charge is 0.454 e. The third-order valence-corrected chi connectivity index (χ3v) is 4.77. The number of nitrogens with zero attached hydrogens (tertiary/aromatic N) is 2. The van der Waals surface area contributed by atoms with E-state index in [9.17, 15) is 9.59 Å². The quantitative estimate of drug-likeness (QED) is 0.699. The van der Waals surface area contributed by atoms with Crippen LogP contribution in [-0.4, -0.2) is 30.1 Å². The van der Waals surface area contributed by atoms with E-state index in [2.05, 4.69) is 10.3 Å². The van der Waals surface area contributed by atoms with Crippen molar-refractivity contribution < 1.29 is 19.1 Å². The summed E-state index contributed by atoms with van der Waals surface area (Å²) in [4.78, 5) is 30.6. The summed E-state index contributed by atoms with van der Waals surface area (Å²) in [5.41, 5.74) is 2.37. The maximum Gasteiger partial charge on any atom is 0.231 e. The number of benzene rings is 2. The second-order valence-electron chi connectivity index (χ2n) is 6.74. The summed E-state index contributed by atoms with van der Waals surface area (Å²) in [6, 6.07) is 15.0. The number of fused-ring (bicyclic) bond motifs is 2. The number of carbonyl (C=O) groups excluding carboxylic acids is 2. The zero-order valence-electron chi connectivity index (χ0n) is 16.1. The van der Waals surface area contributed by atoms with Gasteiger partial charge in [0.05, 0.1) is 11.2 Å². The van der Waals surface area contributed by atoms with Crippen LogP contribution in [-0.2, 0) is 16.1 Å². The molecule has 7 nitrogen and oxygen atoms in total. The number of pyridine rings is 1. The molecule has 4 rings (SSSR count). The van der Waals surface area contributed by atoms with Gasteiger partial charge in [0.2, 0.25) is 18.6 Å². The highest BCUT2D eigenvalue weighted by molar-refractivity contribution is 6.01. The number of ether oxygens (including phenoxy) is 2. The molecule has 7 heteroatoms. The molecule has 0 saturated carbocycles. The highest BCUT2D eigenvalue weighted by Crippen LogP contribution is 2.32. The number of anilines is 1. The fourth-order valence-electron chi connectivity index (χ4n) is 3.31. The standard InChI is InChI=1S/C22H21N3O4/c1-15(26)25(18-6-2-4-17-5-3-10-23-22(17)18)11-9-21(27)24-13-16-7-8-19-20(12-16)29-14-28-19/h2-8,10,12H,9,11,13-14H2,1H3,(H,24,27). The van der Waals surface area contributed by atoms with Gasteiger partial charge in [-0.25, -0.2) is 0 Å². The van der Waals surface area contributed by atoms with Crippen molar-refractivity contribution in [1.29, 1.82) is 0 Å². The van der Waals surface area contributed by atoms with Crippen molar-refractivity contribution in [3.8, 4) is 11.5 Å². The van der Waals surface area contributed by atoms with Crippen molar-refractivity contribution >= 4 is 28.4 Å². The topological polar surface area (TPSA) is 80.8 Å². The van der Waals surface area contributed by atoms with Gasteiger partial charge in [0, 0.05) is 38.0 Å². The normalized spacial score (nSPS) is 12.0. The highest BCUT2D eigenvalue weighted by atomic mass is 16.7. The molecule has 2 amide bonds. The molecule has 1 N–H and O–H groups in total. The number of rotatable bonds is 6. The lowest BCUT2D eigenvalue weighted by Crippen LogP contribution is -2.34. The van der Waals surface area contributed by atoms with Gasteiger partial charge in [0.25, 0.3) is 0 Å². The molecule has 0 fully saturated rings. The van der Waals surface area contributed by atoms with Gasteiger partial charge >= 0.3 is 0 Å². The van der Waals surface area contributed by atoms with E-state index in [1.165, 1.54) is 6.92 Å². The highest BCUT2D eigenvalue weighted by Gasteiger charge is 2.17. The van der Waals surface area contributed by atoms with Crippen LogP contribution in [0.5, 0.6) is 11.5 Å². The van der Waals surface area contributed by atoms with E-state index in [1.54, 1.807) is 11.1 Å². The van der Waals surface area contributed by atoms with Crippen molar-refractivity contribution in [3.63, 3.8) is 0 Å². The van der Waals surface area contributed by atoms with Gasteiger partial charge in [0.15, 0.2) is 11.5 Å². The van der Waals surface area contributed by atoms with E-state index in [1.807, 2.05) is 48.5 Å². The van der Waals surface area contributed by atoms with E-state index < -0.39 is 0 Å². The minimum Gasteiger partial charge on any atom is -0.454 e. The lowest BCUT2D eigenvalue weighted by Gasteiger charge is -2.22. The van der Waals surface area contributed by atoms with Crippen LogP contribution in [0, 0.1) is 0 Å². The maximum absolute atomic E-state index is 12.4. The lowest BCUT2D eigenvalue weighted by atomic mass is 10.1. The third kappa shape index (κ3) is 4.13. The predicted octanol–water partition coefficient (Wildman–Crippen LogP) is 3.02. The van der Waals surface area contributed by atoms with Gasteiger partial charge in [-0.2, -0.15) is 0 Å². The SMILES string of the molecule is CC(=O)N(CCC(=O)NCc1ccc2c(c1)OCO2)c1cccc2cccnc12. The summed E-state index contributed by atoms with van der Waals surface area (Å²) in [6.45, 7) is 2.37. The molecule has 0 atom stereocenters. The van der Waals surface area contributed by atoms with Crippen LogP contribution < -0.4 is 19.7 Å². The van der Waals surface area contributed by atoms with Crippen LogP contribution in [0.15, 0.2) is 54.7 Å². The summed E-state index contributed by atoms with van der Waals surface area (Å²) in [7, 11) is 0. The number of hydrogen-bond donors (Lipinski definition) is 1. The number of carbonyl (C=O) groups is 2. The van der Waals surface area contributed by atoms with Gasteiger partial charge < -0.3 is 19.7 Å². The fourth-order valence-corrected chi connectivity index (χ4v) is 3.31. The first-order valence-electron chi connectivity index (χ1n) is 9.39. The molecule has 0 aliphatic carbocycles. The van der Waals surface area contributed by atoms with Crippen LogP contribution in [0.1, 0.15) is 18.9 Å². The average Bonchev–Trinajstić information content (AvgIpc) is 3.20. The summed E-state index contributed by atoms with van der Waals surface area (Å²) in [5.74, 6) is 1.12. The van der Waals surface area contributed by atoms with Gasteiger partial charge in [-0.05, 0) is 29.8 Å². The van der Waals surface area contributed by atoms with E-state index in [-0.39, 0.29) is 31.6 Å². The van der Waals surface area contributed by atoms with Gasteiger partial charge in [-0.15, -0.1) is 0 Å². The molecule has 3 aromatic rings. The van der Waals surface area contributed by atoms with Crippen LogP contribution in [0.3, 0.4) is 0 Å². The molecular weight excluding hydrogens is 370 g/mol. The Balaban J connectivity index is 1.39. The number of nitrogens with one attached hydrogen (secondary N) is 1. The molecule has 0 saturated heterocycles. The maximum atomic E-state index is 12.4. The molecule has 29 heavy (non-hydrogen) atoms. The Morgan fingerprint density at radius 3 is 2.79 bits per heavy atom. The molecule has 1 aromatic heterocycles. The predicted molar refractivity (Wildman–Crippen MR) is 109 cm³/mol. The summed E-state index contributed by atoms with van der Waals surface area (Å²) in [6.07, 6.45) is 1.88. The number of hydrogen-bond acceptors (Lipinski definition) is 5. The Morgan fingerprint density at radius 2 is 1.93 bits per heavy atom. The first-order chi connectivity index (χ1) is 14.1. The zero-order valence-corrected chi connectivity index (χ0v) is 16.1. The van der Waals surface area contributed by atoms with Crippen molar-refractivity contribution in [2.45, 2.75) is 19.9 Å². The molecule has 2 aromatic carbocycles. The second-order valence-corrected chi connectivity index (χ2v) is 6.74. The first-order valence-corrected chi connectivity index (χ1v) is 9.39. The molecule has 148 valence electrons. The van der Waals surface area contributed by atoms with Crippen molar-refractivity contribution in [1.82, 2.24) is 10.3 Å². The minimum absolute atomic E-state index is 0.133. The number of amides is 2. The van der Waals surface area contributed by atoms with Crippen molar-refractivity contribution in [3.05, 3.63) is 60.3 Å². The number of para-hydroxylation sites is 1. The third-order valence-electron chi connectivity index (χ3n) is 4.77. The van der Waals surface area contributed by atoms with Crippen molar-refractivity contribution in [2.24, 2.45) is 0 Å². The Kier molecular flexibility index (Phi) is 5.29. The zero-order chi connectivity index (χ0) is 20.2. The van der Waals surface area contributed by atoms with E-state index in [0.29, 0.717) is 23.7 Å². The summed E-state index contributed by atoms with van der Waals surface area (Å²) in [5, 5.41) is 3.83. The van der Waals surface area contributed by atoms with Gasteiger partial charge in [0.1, 0.15) is 0 Å². The Bertz CT molecular complexity index is 1060. The fraction of sp³-hybridized carbons (Fsp3) is 0.227. The second kappa shape index (κ2) is 8.18. The minimum atomic E-state index is -0.137. The molecule has 0 radical (unpaired) electrons. The van der Waals surface area contributed by atoms with Crippen LogP contribution in [0.25, 0.3) is 10.9 Å². The van der Waals surface area contributed by atoms with E-state index in [0.717, 1.165) is 16.5 Å². The molecule has 1 aliphatic rings. The summed E-state index contributed by atoms with van der Waals surface area (Å²) >= 11 is 0. The first kappa shape index (κ1) is 18.7. The average molecular weight is 391 g/mol. The van der Waals surface area contributed by atoms with Gasteiger partial charge in [-0.3, -0.25) is 14.6 Å². The Morgan fingerprint density at radius 1 is 1.10 bits per heavy atom. The summed E-state index contributed by atoms with van der Waals surface area (Å²) < 4.78 is 10.6. The smallest absolute Gasteiger partial charge is 0.231 e. The number of aromatic nitrogens is 1. The molecule has 0 spiro atoms. The molecule has 0 unspecified atom stereocenters. The van der Waals surface area contributed by atoms with Crippen LogP contribution >= 0.6 is 0 Å². The Hall–Kier alpha value is -3.61. The Labute approximate surface area is 168 Å². The molecule has 2 heterocycles. The molecule has 1 aliphatic heterocycles. The van der Waals surface area contributed by atoms with E-state index in [4.69, 9.17) is 9.47 Å². The van der Waals surface area contributed by atoms with Gasteiger partial charge in [-0.1, -0.05) is 24.3 Å². The molecule has 0 bridgehead atoms. The molecular formula is C22H21N3O4. The van der Waals surface area contributed by atoms with Crippen LogP contribution in [0.2, 0.25) is 0 Å². The van der Waals surface area contributed by atoms with E-state index >= 15 is 0 Å². The van der Waals surface area contributed by atoms with Crippen molar-refractivity contribution in [2.75, 3.05) is 18.2 Å². The van der Waals surface area contributed by atoms with Crippen LogP contribution in [0.4, 0.5) is 5.69 Å². The lowest BCUT2D eigenvalue weighted by molar-refractivity contribution is -0.121. The monoisotopic (exact) mass is 391 g/mol.